The average molecular weight is 337 g/mol. The Hall–Kier alpha value is -1.30. The molecule has 2 rings (SSSR count). The third-order valence-electron chi connectivity index (χ3n) is 4.75. The van der Waals surface area contributed by atoms with E-state index < -0.39 is 6.10 Å². The Morgan fingerprint density at radius 2 is 1.92 bits per heavy atom. The largest absolute Gasteiger partial charge is 0.493 e. The molecule has 0 aromatic heterocycles. The summed E-state index contributed by atoms with van der Waals surface area (Å²) >= 11 is 0. The van der Waals surface area contributed by atoms with Crippen LogP contribution in [0.15, 0.2) is 18.2 Å². The predicted octanol–water partition coefficient (Wildman–Crippen LogP) is 2.75. The molecule has 0 unspecified atom stereocenters. The van der Waals surface area contributed by atoms with Crippen LogP contribution >= 0.6 is 0 Å². The lowest BCUT2D eigenvalue weighted by Crippen LogP contribution is -2.42. The van der Waals surface area contributed by atoms with Crippen molar-refractivity contribution in [1.82, 2.24) is 5.32 Å². The zero-order valence-electron chi connectivity index (χ0n) is 15.1. The van der Waals surface area contributed by atoms with Gasteiger partial charge in [0.15, 0.2) is 11.5 Å². The fraction of sp³-hybridized carbons (Fsp3) is 0.684. The van der Waals surface area contributed by atoms with E-state index in [2.05, 4.69) is 12.2 Å². The summed E-state index contributed by atoms with van der Waals surface area (Å²) in [5, 5.41) is 13.6. The number of hydrogen-bond donors (Lipinski definition) is 2. The van der Waals surface area contributed by atoms with Crippen LogP contribution < -0.4 is 14.8 Å². The molecule has 2 N–H and O–H groups in total. The maximum absolute atomic E-state index is 10.1. The molecule has 0 aliphatic heterocycles. The van der Waals surface area contributed by atoms with Gasteiger partial charge >= 0.3 is 0 Å². The summed E-state index contributed by atoms with van der Waals surface area (Å²) in [6, 6.07) is 6.22. The van der Waals surface area contributed by atoms with E-state index in [0.717, 1.165) is 5.56 Å². The second-order valence-corrected chi connectivity index (χ2v) is 6.63. The Balaban J connectivity index is 1.69. The molecule has 1 aliphatic rings. The smallest absolute Gasteiger partial charge is 0.161 e. The molecule has 1 saturated carbocycles. The number of rotatable bonds is 9. The number of aliphatic hydroxyl groups excluding tert-OH is 1. The molecular weight excluding hydrogens is 306 g/mol. The number of nitrogens with one attached hydrogen (secondary N) is 1. The first-order valence-electron chi connectivity index (χ1n) is 8.84. The minimum Gasteiger partial charge on any atom is -0.493 e. The molecule has 5 nitrogen and oxygen atoms in total. The lowest BCUT2D eigenvalue weighted by Gasteiger charge is -2.30. The van der Waals surface area contributed by atoms with E-state index >= 15 is 0 Å². The van der Waals surface area contributed by atoms with E-state index in [0.29, 0.717) is 43.2 Å². The monoisotopic (exact) mass is 337 g/mol. The van der Waals surface area contributed by atoms with E-state index in [1.165, 1.54) is 25.7 Å². The molecule has 0 saturated heterocycles. The van der Waals surface area contributed by atoms with Crippen LogP contribution in [0.5, 0.6) is 11.5 Å². The highest BCUT2D eigenvalue weighted by molar-refractivity contribution is 5.42. The van der Waals surface area contributed by atoms with E-state index in [9.17, 15) is 5.11 Å². The molecule has 3 atom stereocenters. The maximum Gasteiger partial charge on any atom is 0.161 e. The SMILES string of the molecule is COc1ccc(COC[C@H](O)CN[C@@H]2CCCC[C@@H]2C)cc1OC. The van der Waals surface area contributed by atoms with E-state index in [-0.39, 0.29) is 0 Å². The summed E-state index contributed by atoms with van der Waals surface area (Å²) in [6.45, 7) is 3.64. The van der Waals surface area contributed by atoms with Gasteiger partial charge in [-0.1, -0.05) is 25.8 Å². The Morgan fingerprint density at radius 1 is 1.17 bits per heavy atom. The average Bonchev–Trinajstić information content (AvgIpc) is 2.61. The van der Waals surface area contributed by atoms with Gasteiger partial charge in [-0.15, -0.1) is 0 Å². The Bertz CT molecular complexity index is 494. The molecule has 0 bridgehead atoms. The van der Waals surface area contributed by atoms with Crippen LogP contribution in [0.2, 0.25) is 0 Å². The van der Waals surface area contributed by atoms with Crippen LogP contribution in [0.1, 0.15) is 38.2 Å². The number of aliphatic hydroxyl groups is 1. The van der Waals surface area contributed by atoms with Crippen LogP contribution in [0.4, 0.5) is 0 Å². The van der Waals surface area contributed by atoms with Crippen LogP contribution in [0.3, 0.4) is 0 Å². The lowest BCUT2D eigenvalue weighted by molar-refractivity contribution is 0.0259. The van der Waals surface area contributed by atoms with Gasteiger partial charge in [-0.25, -0.2) is 0 Å². The van der Waals surface area contributed by atoms with Gasteiger partial charge in [-0.05, 0) is 36.5 Å². The summed E-state index contributed by atoms with van der Waals surface area (Å²) in [4.78, 5) is 0. The standard InChI is InChI=1S/C19H31NO4/c1-14-6-4-5-7-17(14)20-11-16(21)13-24-12-15-8-9-18(22-2)19(10-15)23-3/h8-10,14,16-17,20-21H,4-7,11-13H2,1-3H3/t14-,16+,17+/m0/s1. The quantitative estimate of drug-likeness (QED) is 0.725. The Morgan fingerprint density at radius 3 is 2.62 bits per heavy atom. The van der Waals surface area contributed by atoms with E-state index in [4.69, 9.17) is 14.2 Å². The van der Waals surface area contributed by atoms with Gasteiger partial charge in [-0.2, -0.15) is 0 Å². The highest BCUT2D eigenvalue weighted by Gasteiger charge is 2.21. The molecule has 5 heteroatoms. The summed E-state index contributed by atoms with van der Waals surface area (Å²) < 4.78 is 16.1. The van der Waals surface area contributed by atoms with Gasteiger partial charge in [0.1, 0.15) is 0 Å². The number of methoxy groups -OCH3 is 2. The molecule has 24 heavy (non-hydrogen) atoms. The third-order valence-corrected chi connectivity index (χ3v) is 4.75. The van der Waals surface area contributed by atoms with E-state index in [1.807, 2.05) is 18.2 Å². The molecule has 1 aromatic rings. The first kappa shape index (κ1) is 19.0. The van der Waals surface area contributed by atoms with Crippen LogP contribution in [-0.2, 0) is 11.3 Å². The van der Waals surface area contributed by atoms with Crippen molar-refractivity contribution in [3.05, 3.63) is 23.8 Å². The molecule has 1 fully saturated rings. The fourth-order valence-electron chi connectivity index (χ4n) is 3.25. The van der Waals surface area contributed by atoms with Crippen molar-refractivity contribution in [2.45, 2.75) is 51.4 Å². The highest BCUT2D eigenvalue weighted by atomic mass is 16.5. The normalized spacial score (nSPS) is 22.2. The zero-order chi connectivity index (χ0) is 17.4. The van der Waals surface area contributed by atoms with Crippen molar-refractivity contribution >= 4 is 0 Å². The topological polar surface area (TPSA) is 60.0 Å². The Labute approximate surface area is 145 Å². The predicted molar refractivity (Wildman–Crippen MR) is 94.6 cm³/mol. The van der Waals surface area contributed by atoms with Crippen molar-refractivity contribution < 1.29 is 19.3 Å². The third kappa shape index (κ3) is 5.65. The van der Waals surface area contributed by atoms with E-state index in [1.54, 1.807) is 14.2 Å². The zero-order valence-corrected chi connectivity index (χ0v) is 15.1. The van der Waals surface area contributed by atoms with Crippen molar-refractivity contribution in [2.24, 2.45) is 5.92 Å². The highest BCUT2D eigenvalue weighted by Crippen LogP contribution is 2.27. The fourth-order valence-corrected chi connectivity index (χ4v) is 3.25. The van der Waals surface area contributed by atoms with Crippen LogP contribution in [0.25, 0.3) is 0 Å². The van der Waals surface area contributed by atoms with Crippen molar-refractivity contribution in [2.75, 3.05) is 27.4 Å². The van der Waals surface area contributed by atoms with Gasteiger partial charge in [0.05, 0.1) is 33.5 Å². The van der Waals surface area contributed by atoms with Crippen LogP contribution in [-0.4, -0.2) is 44.6 Å². The molecule has 1 aliphatic carbocycles. The summed E-state index contributed by atoms with van der Waals surface area (Å²) in [7, 11) is 3.23. The first-order valence-corrected chi connectivity index (χ1v) is 8.84. The summed E-state index contributed by atoms with van der Waals surface area (Å²) in [5.74, 6) is 2.08. The molecule has 1 aromatic carbocycles. The van der Waals surface area contributed by atoms with Gasteiger partial charge < -0.3 is 24.6 Å². The molecule has 136 valence electrons. The summed E-state index contributed by atoms with van der Waals surface area (Å²) in [6.07, 6.45) is 4.62. The number of hydrogen-bond acceptors (Lipinski definition) is 5. The van der Waals surface area contributed by atoms with Gasteiger partial charge in [0.25, 0.3) is 0 Å². The number of benzene rings is 1. The van der Waals surface area contributed by atoms with Gasteiger partial charge in [0, 0.05) is 12.6 Å². The Kier molecular flexibility index (Phi) is 7.82. The lowest BCUT2D eigenvalue weighted by atomic mass is 9.86. The second-order valence-electron chi connectivity index (χ2n) is 6.63. The minimum atomic E-state index is -0.487. The second kappa shape index (κ2) is 9.87. The van der Waals surface area contributed by atoms with Crippen molar-refractivity contribution in [3.63, 3.8) is 0 Å². The van der Waals surface area contributed by atoms with Crippen LogP contribution in [0, 0.1) is 5.92 Å². The first-order chi connectivity index (χ1) is 11.6. The molecule has 0 spiro atoms. The number of ether oxygens (including phenoxy) is 3. The minimum absolute atomic E-state index is 0.322. The van der Waals surface area contributed by atoms with Gasteiger partial charge in [0.2, 0.25) is 0 Å². The van der Waals surface area contributed by atoms with Crippen molar-refractivity contribution in [1.29, 1.82) is 0 Å². The molecule has 0 amide bonds. The van der Waals surface area contributed by atoms with Gasteiger partial charge in [-0.3, -0.25) is 0 Å². The molecule has 0 radical (unpaired) electrons. The molecule has 0 heterocycles. The van der Waals surface area contributed by atoms with Crippen molar-refractivity contribution in [3.8, 4) is 11.5 Å². The molecular formula is C19H31NO4. The summed E-state index contributed by atoms with van der Waals surface area (Å²) in [5.41, 5.74) is 0.994. The maximum atomic E-state index is 10.1.